The van der Waals surface area contributed by atoms with Crippen LogP contribution in [0.1, 0.15) is 30.3 Å². The second-order valence-corrected chi connectivity index (χ2v) is 4.63. The van der Waals surface area contributed by atoms with Crippen molar-refractivity contribution in [3.05, 3.63) is 12.0 Å². The Hall–Kier alpha value is -2.09. The molecule has 8 nitrogen and oxygen atoms in total. The van der Waals surface area contributed by atoms with Gasteiger partial charge in [-0.15, -0.1) is 0 Å². The van der Waals surface area contributed by atoms with E-state index in [1.165, 1.54) is 6.26 Å². The van der Waals surface area contributed by atoms with Crippen LogP contribution in [0.5, 0.6) is 0 Å². The zero-order chi connectivity index (χ0) is 15.2. The Morgan fingerprint density at radius 2 is 2.19 bits per heavy atom. The summed E-state index contributed by atoms with van der Waals surface area (Å²) in [7, 11) is 0. The van der Waals surface area contributed by atoms with E-state index >= 15 is 0 Å². The van der Waals surface area contributed by atoms with Gasteiger partial charge in [-0.1, -0.05) is 0 Å². The largest absolute Gasteiger partial charge is 0.480 e. The number of aliphatic carboxylic acids is 1. The van der Waals surface area contributed by atoms with Gasteiger partial charge in [0.05, 0.1) is 12.7 Å². The van der Waals surface area contributed by atoms with E-state index in [-0.39, 0.29) is 25.0 Å². The number of hydrogen-bond donors (Lipinski definition) is 1. The Morgan fingerprint density at radius 1 is 1.48 bits per heavy atom. The lowest BCUT2D eigenvalue weighted by Crippen LogP contribution is -2.37. The molecule has 0 unspecified atom stereocenters. The first-order valence-electron chi connectivity index (χ1n) is 6.81. The standard InChI is InChI=1S/C13H18N2O6/c1-2-19-12(18)10-7-21-13(14-10)15-5-3-9(4-6-15)20-8-11(16)17/h7,9H,2-6,8H2,1H3,(H,16,17). The molecule has 0 atom stereocenters. The van der Waals surface area contributed by atoms with Gasteiger partial charge in [-0.05, 0) is 19.8 Å². The summed E-state index contributed by atoms with van der Waals surface area (Å²) in [6, 6.07) is 0.370. The second-order valence-electron chi connectivity index (χ2n) is 4.63. The molecule has 0 aliphatic carbocycles. The monoisotopic (exact) mass is 298 g/mol. The number of esters is 1. The van der Waals surface area contributed by atoms with Crippen LogP contribution in [0.25, 0.3) is 0 Å². The molecule has 1 saturated heterocycles. The van der Waals surface area contributed by atoms with E-state index in [4.69, 9.17) is 19.0 Å². The van der Waals surface area contributed by atoms with Gasteiger partial charge in [0, 0.05) is 13.1 Å². The predicted octanol–water partition coefficient (Wildman–Crippen LogP) is 0.921. The van der Waals surface area contributed by atoms with Crippen LogP contribution in [-0.2, 0) is 14.3 Å². The molecule has 0 saturated carbocycles. The van der Waals surface area contributed by atoms with Crippen LogP contribution in [0.3, 0.4) is 0 Å². The molecule has 8 heteroatoms. The maximum absolute atomic E-state index is 11.5. The summed E-state index contributed by atoms with van der Waals surface area (Å²) in [6.45, 7) is 2.99. The second kappa shape index (κ2) is 7.07. The first-order chi connectivity index (χ1) is 10.1. The smallest absolute Gasteiger partial charge is 0.360 e. The van der Waals surface area contributed by atoms with E-state index in [0.717, 1.165) is 0 Å². The fourth-order valence-electron chi connectivity index (χ4n) is 2.11. The van der Waals surface area contributed by atoms with Gasteiger partial charge in [0.25, 0.3) is 6.01 Å². The van der Waals surface area contributed by atoms with Crippen molar-refractivity contribution in [1.29, 1.82) is 0 Å². The van der Waals surface area contributed by atoms with Gasteiger partial charge in [-0.2, -0.15) is 4.98 Å². The van der Waals surface area contributed by atoms with Gasteiger partial charge in [-0.25, -0.2) is 9.59 Å². The molecular weight excluding hydrogens is 280 g/mol. The number of nitrogens with zero attached hydrogens (tertiary/aromatic N) is 2. The van der Waals surface area contributed by atoms with Crippen molar-refractivity contribution in [3.63, 3.8) is 0 Å². The molecule has 2 heterocycles. The molecule has 1 aliphatic heterocycles. The zero-order valence-electron chi connectivity index (χ0n) is 11.8. The first-order valence-corrected chi connectivity index (χ1v) is 6.81. The SMILES string of the molecule is CCOC(=O)c1coc(N2CCC(OCC(=O)O)CC2)n1. The minimum Gasteiger partial charge on any atom is -0.480 e. The minimum atomic E-state index is -0.968. The molecule has 1 fully saturated rings. The van der Waals surface area contributed by atoms with Gasteiger partial charge in [-0.3, -0.25) is 0 Å². The molecule has 1 aromatic rings. The summed E-state index contributed by atoms with van der Waals surface area (Å²) in [5, 5.41) is 8.57. The fourth-order valence-corrected chi connectivity index (χ4v) is 2.11. The summed E-state index contributed by atoms with van der Waals surface area (Å²) in [6.07, 6.45) is 2.58. The highest BCUT2D eigenvalue weighted by Gasteiger charge is 2.24. The Morgan fingerprint density at radius 3 is 2.81 bits per heavy atom. The van der Waals surface area contributed by atoms with E-state index in [1.54, 1.807) is 6.92 Å². The van der Waals surface area contributed by atoms with Gasteiger partial charge in [0.1, 0.15) is 12.9 Å². The van der Waals surface area contributed by atoms with Crippen molar-refractivity contribution in [2.45, 2.75) is 25.9 Å². The molecule has 0 aromatic carbocycles. The van der Waals surface area contributed by atoms with Crippen molar-refractivity contribution in [1.82, 2.24) is 4.98 Å². The van der Waals surface area contributed by atoms with Crippen molar-refractivity contribution >= 4 is 18.0 Å². The zero-order valence-corrected chi connectivity index (χ0v) is 11.8. The third-order valence-corrected chi connectivity index (χ3v) is 3.13. The van der Waals surface area contributed by atoms with Crippen LogP contribution in [-0.4, -0.2) is 54.4 Å². The van der Waals surface area contributed by atoms with E-state index in [9.17, 15) is 9.59 Å². The number of carboxylic acids is 1. The molecule has 1 aliphatic rings. The third-order valence-electron chi connectivity index (χ3n) is 3.13. The number of rotatable bonds is 6. The summed E-state index contributed by atoms with van der Waals surface area (Å²) in [5.74, 6) is -1.48. The fraction of sp³-hybridized carbons (Fsp3) is 0.615. The highest BCUT2D eigenvalue weighted by Crippen LogP contribution is 2.21. The van der Waals surface area contributed by atoms with Crippen molar-refractivity contribution < 1.29 is 28.6 Å². The van der Waals surface area contributed by atoms with Crippen molar-refractivity contribution in [2.24, 2.45) is 0 Å². The number of aromatic nitrogens is 1. The van der Waals surface area contributed by atoms with Gasteiger partial charge in [0.15, 0.2) is 5.69 Å². The van der Waals surface area contributed by atoms with Crippen LogP contribution in [0.2, 0.25) is 0 Å². The minimum absolute atomic E-state index is 0.0724. The quantitative estimate of drug-likeness (QED) is 0.773. The molecule has 2 rings (SSSR count). The molecule has 116 valence electrons. The molecule has 0 amide bonds. The van der Waals surface area contributed by atoms with Crippen molar-refractivity contribution in [3.8, 4) is 0 Å². The molecular formula is C13H18N2O6. The van der Waals surface area contributed by atoms with Gasteiger partial charge >= 0.3 is 11.9 Å². The van der Waals surface area contributed by atoms with Crippen LogP contribution in [0, 0.1) is 0 Å². The highest BCUT2D eigenvalue weighted by molar-refractivity contribution is 5.87. The van der Waals surface area contributed by atoms with Crippen LogP contribution >= 0.6 is 0 Å². The maximum Gasteiger partial charge on any atom is 0.360 e. The molecule has 0 bridgehead atoms. The number of carboxylic acid groups (broad SMARTS) is 1. The third kappa shape index (κ3) is 4.19. The molecule has 1 aromatic heterocycles. The first kappa shape index (κ1) is 15.3. The van der Waals surface area contributed by atoms with E-state index in [2.05, 4.69) is 4.98 Å². The lowest BCUT2D eigenvalue weighted by molar-refractivity contribution is -0.144. The number of ether oxygens (including phenoxy) is 2. The summed E-state index contributed by atoms with van der Waals surface area (Å²) >= 11 is 0. The topological polar surface area (TPSA) is 102 Å². The number of carbonyl (C=O) groups excluding carboxylic acids is 1. The molecule has 0 spiro atoms. The van der Waals surface area contributed by atoms with Gasteiger partial charge in [0.2, 0.25) is 0 Å². The lowest BCUT2D eigenvalue weighted by atomic mass is 10.1. The number of oxazole rings is 1. The number of piperidine rings is 1. The van der Waals surface area contributed by atoms with Crippen molar-refractivity contribution in [2.75, 3.05) is 31.2 Å². The number of hydrogen-bond acceptors (Lipinski definition) is 7. The molecule has 1 N–H and O–H groups in total. The number of carbonyl (C=O) groups is 2. The average molecular weight is 298 g/mol. The Balaban J connectivity index is 1.85. The Kier molecular flexibility index (Phi) is 5.15. The Bertz CT molecular complexity index is 493. The van der Waals surface area contributed by atoms with Gasteiger partial charge < -0.3 is 23.9 Å². The van der Waals surface area contributed by atoms with Crippen LogP contribution < -0.4 is 4.90 Å². The normalized spacial score (nSPS) is 16.0. The summed E-state index contributed by atoms with van der Waals surface area (Å²) in [4.78, 5) is 27.9. The predicted molar refractivity (Wildman–Crippen MR) is 71.3 cm³/mol. The summed E-state index contributed by atoms with van der Waals surface area (Å²) in [5.41, 5.74) is 0.149. The van der Waals surface area contributed by atoms with E-state index in [0.29, 0.717) is 31.9 Å². The summed E-state index contributed by atoms with van der Waals surface area (Å²) < 4.78 is 15.4. The molecule has 0 radical (unpaired) electrons. The number of anilines is 1. The highest BCUT2D eigenvalue weighted by atomic mass is 16.5. The van der Waals surface area contributed by atoms with E-state index in [1.807, 2.05) is 4.90 Å². The maximum atomic E-state index is 11.5. The molecule has 21 heavy (non-hydrogen) atoms. The van der Waals surface area contributed by atoms with Crippen LogP contribution in [0.4, 0.5) is 6.01 Å². The van der Waals surface area contributed by atoms with Crippen LogP contribution in [0.15, 0.2) is 10.7 Å². The van der Waals surface area contributed by atoms with E-state index < -0.39 is 11.9 Å². The average Bonchev–Trinajstić information content (AvgIpc) is 2.96. The lowest BCUT2D eigenvalue weighted by Gasteiger charge is -2.30. The Labute approximate surface area is 121 Å².